The maximum atomic E-state index is 5.64. The van der Waals surface area contributed by atoms with Crippen molar-refractivity contribution < 1.29 is 4.84 Å². The molecule has 1 heterocycles. The third-order valence-electron chi connectivity index (χ3n) is 3.92. The second-order valence-electron chi connectivity index (χ2n) is 4.73. The molecule has 2 aliphatic rings. The number of oxime groups is 1. The van der Waals surface area contributed by atoms with Crippen LogP contribution in [0, 0.1) is 0 Å². The molecule has 0 radical (unpaired) electrons. The van der Waals surface area contributed by atoms with Crippen molar-refractivity contribution in [1.29, 1.82) is 0 Å². The molecule has 0 aromatic heterocycles. The van der Waals surface area contributed by atoms with Gasteiger partial charge in [-0.05, 0) is 22.8 Å². The molecule has 0 saturated carbocycles. The Hall–Kier alpha value is -1.83. The van der Waals surface area contributed by atoms with Gasteiger partial charge in [-0.2, -0.15) is 0 Å². The minimum atomic E-state index is 0.117. The number of nitrogens with zero attached hydrogens (tertiary/aromatic N) is 1. The summed E-state index contributed by atoms with van der Waals surface area (Å²) < 4.78 is 0. The van der Waals surface area contributed by atoms with Gasteiger partial charge >= 0.3 is 0 Å². The quantitative estimate of drug-likeness (QED) is 0.721. The van der Waals surface area contributed by atoms with Crippen LogP contribution in [0.4, 0.5) is 0 Å². The van der Waals surface area contributed by atoms with Crippen molar-refractivity contribution >= 4 is 16.5 Å². The zero-order valence-electron chi connectivity index (χ0n) is 9.68. The minimum Gasteiger partial charge on any atom is -0.387 e. The van der Waals surface area contributed by atoms with E-state index in [1.807, 2.05) is 0 Å². The normalized spacial score (nSPS) is 24.6. The summed E-state index contributed by atoms with van der Waals surface area (Å²) in [6.07, 6.45) is 1.08. The molecule has 0 N–H and O–H groups in total. The van der Waals surface area contributed by atoms with E-state index >= 15 is 0 Å². The van der Waals surface area contributed by atoms with Crippen LogP contribution in [0.3, 0.4) is 0 Å². The van der Waals surface area contributed by atoms with E-state index < -0.39 is 0 Å². The molecule has 0 bridgehead atoms. The van der Waals surface area contributed by atoms with Gasteiger partial charge in [-0.15, -0.1) is 0 Å². The predicted molar refractivity (Wildman–Crippen MR) is 68.2 cm³/mol. The first-order chi connectivity index (χ1) is 8.40. The summed E-state index contributed by atoms with van der Waals surface area (Å²) in [5.74, 6) is 0.348. The number of hydrogen-bond donors (Lipinski definition) is 0. The summed E-state index contributed by atoms with van der Waals surface area (Å²) >= 11 is 0. The fraction of sp³-hybridized carbons (Fsp3) is 0.267. The van der Waals surface area contributed by atoms with E-state index in [2.05, 4.69) is 48.5 Å². The van der Waals surface area contributed by atoms with Crippen LogP contribution in [-0.2, 0) is 4.84 Å². The Morgan fingerprint density at radius 2 is 1.88 bits per heavy atom. The lowest BCUT2D eigenvalue weighted by Gasteiger charge is -2.10. The van der Waals surface area contributed by atoms with Crippen LogP contribution in [0.25, 0.3) is 10.8 Å². The van der Waals surface area contributed by atoms with E-state index in [0.29, 0.717) is 5.92 Å². The first-order valence-electron chi connectivity index (χ1n) is 6.14. The highest BCUT2D eigenvalue weighted by Gasteiger charge is 2.42. The molecule has 2 nitrogen and oxygen atoms in total. The zero-order valence-corrected chi connectivity index (χ0v) is 9.68. The molecular weight excluding hydrogens is 210 g/mol. The molecule has 2 heteroatoms. The van der Waals surface area contributed by atoms with E-state index in [9.17, 15) is 0 Å². The molecule has 2 aromatic rings. The molecular formula is C15H13NO. The lowest BCUT2D eigenvalue weighted by molar-refractivity contribution is 0.0808. The average Bonchev–Trinajstić information content (AvgIpc) is 2.92. The summed E-state index contributed by atoms with van der Waals surface area (Å²) in [7, 11) is 0. The van der Waals surface area contributed by atoms with Gasteiger partial charge in [0, 0.05) is 5.56 Å². The van der Waals surface area contributed by atoms with Gasteiger partial charge in [0.2, 0.25) is 0 Å². The molecule has 4 rings (SSSR count). The number of rotatable bonds is 1. The lowest BCUT2D eigenvalue weighted by atomic mass is 9.92. The standard InChI is InChI=1S/C15H13NO/c1-2-12-14-10-7-3-5-9-6-4-8-11(13(9)10)15(14)17-16-12/h3-8,14-15H,2H2,1H3. The van der Waals surface area contributed by atoms with Crippen molar-refractivity contribution in [2.45, 2.75) is 25.4 Å². The molecule has 0 fully saturated rings. The molecule has 0 amide bonds. The van der Waals surface area contributed by atoms with Crippen LogP contribution >= 0.6 is 0 Å². The minimum absolute atomic E-state index is 0.117. The van der Waals surface area contributed by atoms with Crippen molar-refractivity contribution in [3.63, 3.8) is 0 Å². The molecule has 0 saturated heterocycles. The summed E-state index contributed by atoms with van der Waals surface area (Å²) in [4.78, 5) is 5.64. The van der Waals surface area contributed by atoms with Gasteiger partial charge in [-0.1, -0.05) is 48.5 Å². The molecule has 1 aliphatic carbocycles. The molecule has 84 valence electrons. The second-order valence-corrected chi connectivity index (χ2v) is 4.73. The van der Waals surface area contributed by atoms with E-state index in [-0.39, 0.29) is 6.10 Å². The van der Waals surface area contributed by atoms with Gasteiger partial charge in [0.1, 0.15) is 0 Å². The topological polar surface area (TPSA) is 21.6 Å². The first kappa shape index (κ1) is 9.23. The maximum Gasteiger partial charge on any atom is 0.165 e. The molecule has 17 heavy (non-hydrogen) atoms. The Kier molecular flexibility index (Phi) is 1.68. The van der Waals surface area contributed by atoms with Gasteiger partial charge in [-0.3, -0.25) is 0 Å². The van der Waals surface area contributed by atoms with Crippen molar-refractivity contribution in [3.05, 3.63) is 47.5 Å². The Bertz CT molecular complexity index is 639. The number of fused-ring (bicyclic) bond motifs is 3. The van der Waals surface area contributed by atoms with Crippen LogP contribution in [-0.4, -0.2) is 5.71 Å². The van der Waals surface area contributed by atoms with Crippen LogP contribution in [0.1, 0.15) is 36.5 Å². The van der Waals surface area contributed by atoms with Crippen molar-refractivity contribution in [2.75, 3.05) is 0 Å². The third-order valence-corrected chi connectivity index (χ3v) is 3.92. The fourth-order valence-electron chi connectivity index (χ4n) is 3.18. The van der Waals surface area contributed by atoms with Gasteiger partial charge in [0.05, 0.1) is 11.6 Å². The van der Waals surface area contributed by atoms with Crippen LogP contribution in [0.2, 0.25) is 0 Å². The van der Waals surface area contributed by atoms with Crippen molar-refractivity contribution in [1.82, 2.24) is 0 Å². The van der Waals surface area contributed by atoms with E-state index in [1.165, 1.54) is 27.6 Å². The molecule has 2 unspecified atom stereocenters. The summed E-state index contributed by atoms with van der Waals surface area (Å²) in [6, 6.07) is 13.0. The highest BCUT2D eigenvalue weighted by atomic mass is 16.6. The summed E-state index contributed by atoms with van der Waals surface area (Å²) in [5, 5.41) is 6.94. The van der Waals surface area contributed by atoms with Crippen LogP contribution < -0.4 is 0 Å². The van der Waals surface area contributed by atoms with Crippen molar-refractivity contribution in [3.8, 4) is 0 Å². The van der Waals surface area contributed by atoms with E-state index in [1.54, 1.807) is 0 Å². The molecule has 0 spiro atoms. The highest BCUT2D eigenvalue weighted by molar-refractivity contribution is 6.02. The summed E-state index contributed by atoms with van der Waals surface area (Å²) in [6.45, 7) is 2.15. The zero-order chi connectivity index (χ0) is 11.4. The monoisotopic (exact) mass is 223 g/mol. The Labute approximate surface area is 99.9 Å². The summed E-state index contributed by atoms with van der Waals surface area (Å²) in [5.41, 5.74) is 3.87. The third kappa shape index (κ3) is 1.03. The molecule has 1 aliphatic heterocycles. The lowest BCUT2D eigenvalue weighted by Crippen LogP contribution is -2.09. The average molecular weight is 223 g/mol. The molecule has 2 aromatic carbocycles. The Balaban J connectivity index is 2.05. The van der Waals surface area contributed by atoms with Gasteiger partial charge < -0.3 is 4.84 Å². The smallest absolute Gasteiger partial charge is 0.165 e. The predicted octanol–water partition coefficient (Wildman–Crippen LogP) is 3.77. The van der Waals surface area contributed by atoms with Crippen LogP contribution in [0.15, 0.2) is 41.6 Å². The van der Waals surface area contributed by atoms with Crippen molar-refractivity contribution in [2.24, 2.45) is 5.16 Å². The Morgan fingerprint density at radius 1 is 1.12 bits per heavy atom. The largest absolute Gasteiger partial charge is 0.387 e. The van der Waals surface area contributed by atoms with E-state index in [0.717, 1.165) is 6.42 Å². The highest BCUT2D eigenvalue weighted by Crippen LogP contribution is 2.51. The SMILES string of the molecule is CCC1=NOC2c3cccc4cccc(c34)C12. The maximum absolute atomic E-state index is 5.64. The number of benzene rings is 2. The van der Waals surface area contributed by atoms with Gasteiger partial charge in [0.15, 0.2) is 6.10 Å². The van der Waals surface area contributed by atoms with Crippen LogP contribution in [0.5, 0.6) is 0 Å². The van der Waals surface area contributed by atoms with Gasteiger partial charge in [0.25, 0.3) is 0 Å². The fourth-order valence-corrected chi connectivity index (χ4v) is 3.18. The molecule has 2 atom stereocenters. The Morgan fingerprint density at radius 3 is 2.65 bits per heavy atom. The second kappa shape index (κ2) is 3.10. The first-order valence-corrected chi connectivity index (χ1v) is 6.14. The number of hydrogen-bond acceptors (Lipinski definition) is 2. The van der Waals surface area contributed by atoms with Gasteiger partial charge in [-0.25, -0.2) is 0 Å². The van der Waals surface area contributed by atoms with E-state index in [4.69, 9.17) is 4.84 Å².